The maximum Gasteiger partial charge on any atom is 0.123 e. The molecule has 0 amide bonds. The molecule has 0 spiro atoms. The molecule has 102 valence electrons. The summed E-state index contributed by atoms with van der Waals surface area (Å²) in [5.41, 5.74) is 1.04. The fourth-order valence-electron chi connectivity index (χ4n) is 2.15. The van der Waals surface area contributed by atoms with E-state index in [-0.39, 0.29) is 0 Å². The molecule has 0 bridgehead atoms. The molecule has 1 N–H and O–H groups in total. The summed E-state index contributed by atoms with van der Waals surface area (Å²) in [5.74, 6) is 7.38. The van der Waals surface area contributed by atoms with Gasteiger partial charge in [0.2, 0.25) is 0 Å². The Morgan fingerprint density at radius 1 is 0.810 bits per heavy atom. The zero-order valence-electron chi connectivity index (χ0n) is 11.4. The monoisotopic (exact) mass is 290 g/mol. The van der Waals surface area contributed by atoms with Crippen LogP contribution >= 0.6 is 11.8 Å². The average molecular weight is 290 g/mol. The molecular formula is C19H14OS. The second-order valence-electron chi connectivity index (χ2n) is 4.58. The lowest BCUT2D eigenvalue weighted by atomic mass is 10.1. The van der Waals surface area contributed by atoms with Gasteiger partial charge in [-0.3, -0.25) is 0 Å². The number of hydrogen-bond donors (Lipinski definition) is 1. The predicted molar refractivity (Wildman–Crippen MR) is 89.7 cm³/mol. The van der Waals surface area contributed by atoms with Gasteiger partial charge in [0.25, 0.3) is 0 Å². The highest BCUT2D eigenvalue weighted by Gasteiger charge is 2.04. The highest BCUT2D eigenvalue weighted by atomic mass is 32.2. The molecule has 0 heterocycles. The van der Waals surface area contributed by atoms with Gasteiger partial charge in [0.05, 0.1) is 5.75 Å². The van der Waals surface area contributed by atoms with E-state index in [2.05, 4.69) is 11.8 Å². The van der Waals surface area contributed by atoms with Gasteiger partial charge in [0, 0.05) is 15.8 Å². The fourth-order valence-corrected chi connectivity index (χ4v) is 2.95. The van der Waals surface area contributed by atoms with Gasteiger partial charge in [-0.1, -0.05) is 54.3 Å². The second-order valence-corrected chi connectivity index (χ2v) is 5.60. The molecule has 0 aliphatic carbocycles. The summed E-state index contributed by atoms with van der Waals surface area (Å²) < 4.78 is 0. The van der Waals surface area contributed by atoms with Crippen molar-refractivity contribution in [2.24, 2.45) is 0 Å². The molecule has 0 saturated heterocycles. The van der Waals surface area contributed by atoms with Gasteiger partial charge in [-0.25, -0.2) is 0 Å². The summed E-state index contributed by atoms with van der Waals surface area (Å²) in [6.07, 6.45) is 0. The molecule has 3 aromatic carbocycles. The van der Waals surface area contributed by atoms with E-state index < -0.39 is 0 Å². The van der Waals surface area contributed by atoms with Crippen molar-refractivity contribution in [1.29, 1.82) is 0 Å². The molecule has 1 nitrogen and oxygen atoms in total. The van der Waals surface area contributed by atoms with Crippen LogP contribution in [0.2, 0.25) is 0 Å². The Morgan fingerprint density at radius 2 is 1.52 bits per heavy atom. The van der Waals surface area contributed by atoms with Crippen molar-refractivity contribution in [1.82, 2.24) is 0 Å². The first kappa shape index (κ1) is 13.6. The zero-order chi connectivity index (χ0) is 14.5. The molecule has 0 unspecified atom stereocenters. The average Bonchev–Trinajstić information content (AvgIpc) is 2.55. The molecular weight excluding hydrogens is 276 g/mol. The lowest BCUT2D eigenvalue weighted by Gasteiger charge is -2.06. The number of hydrogen-bond acceptors (Lipinski definition) is 2. The fraction of sp³-hybridized carbons (Fsp3) is 0.0526. The number of phenolic OH excluding ortho intramolecular Hbond substituents is 1. The van der Waals surface area contributed by atoms with E-state index in [1.807, 2.05) is 60.7 Å². The third kappa shape index (κ3) is 3.21. The summed E-state index contributed by atoms with van der Waals surface area (Å²) in [7, 11) is 0. The van der Waals surface area contributed by atoms with Gasteiger partial charge >= 0.3 is 0 Å². The standard InChI is InChI=1S/C19H14OS/c20-18-12-13-19(17-11-5-4-10-16(17)18)21-14-6-9-15-7-2-1-3-8-15/h1-5,7-8,10-13,20H,14H2. The Labute approximate surface area is 128 Å². The van der Waals surface area contributed by atoms with Gasteiger partial charge in [-0.05, 0) is 29.7 Å². The maximum atomic E-state index is 9.88. The summed E-state index contributed by atoms with van der Waals surface area (Å²) in [6.45, 7) is 0. The molecule has 0 radical (unpaired) electrons. The molecule has 3 rings (SSSR count). The van der Waals surface area contributed by atoms with Crippen molar-refractivity contribution < 1.29 is 5.11 Å². The predicted octanol–water partition coefficient (Wildman–Crippen LogP) is 4.69. The van der Waals surface area contributed by atoms with Crippen LogP contribution in [0, 0.1) is 11.8 Å². The quantitative estimate of drug-likeness (QED) is 0.546. The third-order valence-electron chi connectivity index (χ3n) is 3.17. The van der Waals surface area contributed by atoms with E-state index in [1.165, 1.54) is 0 Å². The van der Waals surface area contributed by atoms with Gasteiger partial charge in [-0.15, -0.1) is 11.8 Å². The molecule has 0 aliphatic rings. The molecule has 0 aromatic heterocycles. The largest absolute Gasteiger partial charge is 0.507 e. The van der Waals surface area contributed by atoms with Crippen LogP contribution in [0.15, 0.2) is 71.6 Å². The lowest BCUT2D eigenvalue weighted by molar-refractivity contribution is 0.481. The minimum Gasteiger partial charge on any atom is -0.507 e. The first-order valence-corrected chi connectivity index (χ1v) is 7.70. The lowest BCUT2D eigenvalue weighted by Crippen LogP contribution is -1.80. The molecule has 0 saturated carbocycles. The van der Waals surface area contributed by atoms with Crippen LogP contribution < -0.4 is 0 Å². The molecule has 21 heavy (non-hydrogen) atoms. The second kappa shape index (κ2) is 6.39. The molecule has 3 aromatic rings. The van der Waals surface area contributed by atoms with Gasteiger partial charge in [0.1, 0.15) is 5.75 Å². The summed E-state index contributed by atoms with van der Waals surface area (Å²) in [4.78, 5) is 1.14. The van der Waals surface area contributed by atoms with Crippen LogP contribution in [0.25, 0.3) is 10.8 Å². The number of thioether (sulfide) groups is 1. The van der Waals surface area contributed by atoms with E-state index in [0.29, 0.717) is 5.75 Å². The molecule has 0 aliphatic heterocycles. The van der Waals surface area contributed by atoms with Crippen LogP contribution in [0.3, 0.4) is 0 Å². The van der Waals surface area contributed by atoms with Crippen LogP contribution in [-0.2, 0) is 0 Å². The summed E-state index contributed by atoms with van der Waals surface area (Å²) in [5, 5.41) is 11.8. The number of phenols is 1. The van der Waals surface area contributed by atoms with Crippen LogP contribution in [0.4, 0.5) is 0 Å². The number of benzene rings is 3. The van der Waals surface area contributed by atoms with Crippen molar-refractivity contribution in [2.75, 3.05) is 5.75 Å². The van der Waals surface area contributed by atoms with E-state index in [9.17, 15) is 5.11 Å². The molecule has 0 fully saturated rings. The summed E-state index contributed by atoms with van der Waals surface area (Å²) >= 11 is 1.69. The van der Waals surface area contributed by atoms with Crippen LogP contribution in [0.5, 0.6) is 5.75 Å². The molecule has 2 heteroatoms. The van der Waals surface area contributed by atoms with Crippen molar-refractivity contribution in [2.45, 2.75) is 4.90 Å². The minimum absolute atomic E-state index is 0.324. The van der Waals surface area contributed by atoms with Crippen molar-refractivity contribution in [3.63, 3.8) is 0 Å². The SMILES string of the molecule is Oc1ccc(SCC#Cc2ccccc2)c2ccccc12. The minimum atomic E-state index is 0.324. The van der Waals surface area contributed by atoms with Crippen LogP contribution in [-0.4, -0.2) is 10.9 Å². The smallest absolute Gasteiger partial charge is 0.123 e. The van der Waals surface area contributed by atoms with Gasteiger partial charge in [0.15, 0.2) is 0 Å². The third-order valence-corrected chi connectivity index (χ3v) is 4.12. The highest BCUT2D eigenvalue weighted by Crippen LogP contribution is 2.32. The first-order valence-electron chi connectivity index (χ1n) is 6.72. The Hall–Kier alpha value is -2.37. The van der Waals surface area contributed by atoms with Crippen molar-refractivity contribution in [3.05, 3.63) is 72.3 Å². The number of aromatic hydroxyl groups is 1. The zero-order valence-corrected chi connectivity index (χ0v) is 12.2. The van der Waals surface area contributed by atoms with Gasteiger partial charge < -0.3 is 5.11 Å². The van der Waals surface area contributed by atoms with E-state index >= 15 is 0 Å². The topological polar surface area (TPSA) is 20.2 Å². The number of rotatable bonds is 2. The van der Waals surface area contributed by atoms with Crippen molar-refractivity contribution >= 4 is 22.5 Å². The Kier molecular flexibility index (Phi) is 4.14. The van der Waals surface area contributed by atoms with E-state index in [4.69, 9.17) is 0 Å². The highest BCUT2D eigenvalue weighted by molar-refractivity contribution is 7.99. The van der Waals surface area contributed by atoms with E-state index in [0.717, 1.165) is 27.0 Å². The maximum absolute atomic E-state index is 9.88. The van der Waals surface area contributed by atoms with E-state index in [1.54, 1.807) is 17.8 Å². The Bertz CT molecular complexity index is 813. The Morgan fingerprint density at radius 3 is 2.33 bits per heavy atom. The number of fused-ring (bicyclic) bond motifs is 1. The normalized spacial score (nSPS) is 10.1. The molecule has 0 atom stereocenters. The van der Waals surface area contributed by atoms with Gasteiger partial charge in [-0.2, -0.15) is 0 Å². The Balaban J connectivity index is 1.78. The van der Waals surface area contributed by atoms with Crippen molar-refractivity contribution in [3.8, 4) is 17.6 Å². The van der Waals surface area contributed by atoms with Crippen LogP contribution in [0.1, 0.15) is 5.56 Å². The summed E-state index contributed by atoms with van der Waals surface area (Å²) in [6, 6.07) is 21.6. The first-order chi connectivity index (χ1) is 10.3.